The Kier molecular flexibility index (Phi) is 10.8. The molecule has 0 aliphatic heterocycles. The minimum absolute atomic E-state index is 0. The predicted octanol–water partition coefficient (Wildman–Crippen LogP) is -2.02. The molecular weight excluding hydrogens is 143 g/mol. The maximum Gasteiger partial charge on any atom is 1.00 e. The topological polar surface area (TPSA) is 67.8 Å². The Labute approximate surface area is 97.5 Å². The van der Waals surface area contributed by atoms with Crippen LogP contribution in [0.5, 0.6) is 0 Å². The molecular formula is C5H5KN2O. The fourth-order valence-corrected chi connectivity index (χ4v) is 0.199. The zero-order chi connectivity index (χ0) is 6.41. The van der Waals surface area contributed by atoms with E-state index in [1.807, 2.05) is 0 Å². The first-order valence-corrected chi connectivity index (χ1v) is 1.95. The molecule has 1 N–H and O–H groups in total. The van der Waals surface area contributed by atoms with Crippen LogP contribution in [-0.4, -0.2) is 5.11 Å². The number of allylic oxidation sites excluding steroid dienone is 1. The van der Waals surface area contributed by atoms with Crippen LogP contribution >= 0.6 is 0 Å². The van der Waals surface area contributed by atoms with Crippen LogP contribution in [0.1, 0.15) is 7.85 Å². The standard InChI is InChI=1S/C5H4N2O.K.H/c6-2-1-5(3-7)4-8;;/h4,8H,1H2;;/q;+1;-1. The van der Waals surface area contributed by atoms with E-state index in [0.717, 1.165) is 0 Å². The first-order valence-electron chi connectivity index (χ1n) is 1.95. The second kappa shape index (κ2) is 8.16. The molecule has 0 aliphatic carbocycles. The molecule has 0 unspecified atom stereocenters. The van der Waals surface area contributed by atoms with E-state index in [2.05, 4.69) is 0 Å². The third kappa shape index (κ3) is 6.04. The summed E-state index contributed by atoms with van der Waals surface area (Å²) in [5, 5.41) is 24.1. The summed E-state index contributed by atoms with van der Waals surface area (Å²) in [4.78, 5) is 0. The third-order valence-electron chi connectivity index (χ3n) is 0.569. The summed E-state index contributed by atoms with van der Waals surface area (Å²) in [7, 11) is 0. The zero-order valence-corrected chi connectivity index (χ0v) is 8.25. The Hall–Kier alpha value is 0.156. The zero-order valence-electron chi connectivity index (χ0n) is 6.13. The number of aliphatic hydroxyl groups excluding tert-OH is 1. The van der Waals surface area contributed by atoms with Crippen molar-refractivity contribution in [2.75, 3.05) is 0 Å². The summed E-state index contributed by atoms with van der Waals surface area (Å²) in [6, 6.07) is 3.36. The van der Waals surface area contributed by atoms with Crippen molar-refractivity contribution in [2.45, 2.75) is 6.42 Å². The maximum atomic E-state index is 8.12. The minimum atomic E-state index is -0.0208. The van der Waals surface area contributed by atoms with Crippen LogP contribution in [0.25, 0.3) is 0 Å². The fourth-order valence-electron chi connectivity index (χ4n) is 0.199. The summed E-state index contributed by atoms with van der Waals surface area (Å²) >= 11 is 0. The van der Waals surface area contributed by atoms with Gasteiger partial charge < -0.3 is 6.53 Å². The number of nitrogens with zero attached hydrogens (tertiary/aromatic N) is 2. The second-order valence-corrected chi connectivity index (χ2v) is 1.10. The van der Waals surface area contributed by atoms with E-state index in [-0.39, 0.29) is 64.8 Å². The van der Waals surface area contributed by atoms with Crippen LogP contribution in [0.15, 0.2) is 11.8 Å². The van der Waals surface area contributed by atoms with E-state index < -0.39 is 0 Å². The van der Waals surface area contributed by atoms with Crippen molar-refractivity contribution in [1.82, 2.24) is 0 Å². The maximum absolute atomic E-state index is 8.12. The van der Waals surface area contributed by atoms with Gasteiger partial charge in [-0.3, -0.25) is 0 Å². The normalized spacial score (nSPS) is 8.44. The molecule has 0 rings (SSSR count). The van der Waals surface area contributed by atoms with Gasteiger partial charge in [-0.05, 0) is 0 Å². The molecule has 0 heterocycles. The van der Waals surface area contributed by atoms with E-state index in [1.54, 1.807) is 12.1 Å². The Morgan fingerprint density at radius 1 is 1.67 bits per heavy atom. The second-order valence-electron chi connectivity index (χ2n) is 1.10. The van der Waals surface area contributed by atoms with Gasteiger partial charge in [-0.15, -0.1) is 0 Å². The molecule has 9 heavy (non-hydrogen) atoms. The van der Waals surface area contributed by atoms with E-state index in [1.165, 1.54) is 0 Å². The van der Waals surface area contributed by atoms with E-state index >= 15 is 0 Å². The molecule has 0 fully saturated rings. The van der Waals surface area contributed by atoms with E-state index in [0.29, 0.717) is 6.26 Å². The third-order valence-corrected chi connectivity index (χ3v) is 0.569. The first kappa shape index (κ1) is 11.9. The summed E-state index contributed by atoms with van der Waals surface area (Å²) < 4.78 is 0. The van der Waals surface area contributed by atoms with Crippen LogP contribution in [0.2, 0.25) is 0 Å². The van der Waals surface area contributed by atoms with E-state index in [9.17, 15) is 0 Å². The number of aliphatic hydroxyl groups is 1. The predicted molar refractivity (Wildman–Crippen MR) is 27.7 cm³/mol. The van der Waals surface area contributed by atoms with Crippen LogP contribution in [0, 0.1) is 22.7 Å². The Morgan fingerprint density at radius 2 is 2.22 bits per heavy atom. The molecule has 0 radical (unpaired) electrons. The molecule has 3 nitrogen and oxygen atoms in total. The van der Waals surface area contributed by atoms with E-state index in [4.69, 9.17) is 15.6 Å². The average molecular weight is 148 g/mol. The molecule has 0 aromatic heterocycles. The molecule has 0 aromatic carbocycles. The number of hydrogen-bond donors (Lipinski definition) is 1. The minimum Gasteiger partial charge on any atom is -1.00 e. The van der Waals surface area contributed by atoms with Crippen LogP contribution in [0.3, 0.4) is 0 Å². The van der Waals surface area contributed by atoms with Gasteiger partial charge >= 0.3 is 51.4 Å². The van der Waals surface area contributed by atoms with Gasteiger partial charge in [0.25, 0.3) is 0 Å². The molecule has 0 spiro atoms. The largest absolute Gasteiger partial charge is 1.00 e. The van der Waals surface area contributed by atoms with Crippen LogP contribution in [-0.2, 0) is 0 Å². The van der Waals surface area contributed by atoms with Crippen molar-refractivity contribution in [3.63, 3.8) is 0 Å². The van der Waals surface area contributed by atoms with Crippen molar-refractivity contribution in [2.24, 2.45) is 0 Å². The molecule has 0 aliphatic rings. The Morgan fingerprint density at radius 3 is 2.33 bits per heavy atom. The van der Waals surface area contributed by atoms with Gasteiger partial charge in [0.1, 0.15) is 0 Å². The number of nitriles is 2. The average Bonchev–Trinajstić information content (AvgIpc) is 1.83. The molecule has 0 saturated carbocycles. The fraction of sp³-hybridized carbons (Fsp3) is 0.200. The first-order chi connectivity index (χ1) is 3.85. The Balaban J connectivity index is -0.000000245. The van der Waals surface area contributed by atoms with Gasteiger partial charge in [-0.1, -0.05) is 0 Å². The van der Waals surface area contributed by atoms with Crippen LogP contribution in [0.4, 0.5) is 0 Å². The van der Waals surface area contributed by atoms with Crippen molar-refractivity contribution in [3.05, 3.63) is 11.8 Å². The summed E-state index contributed by atoms with van der Waals surface area (Å²) in [6.45, 7) is 0. The smallest absolute Gasteiger partial charge is 1.00 e. The van der Waals surface area contributed by atoms with Gasteiger partial charge in [0, 0.05) is 0 Å². The monoisotopic (exact) mass is 148 g/mol. The summed E-state index contributed by atoms with van der Waals surface area (Å²) in [5.41, 5.74) is 0.0903. The Bertz CT molecular complexity index is 179. The summed E-state index contributed by atoms with van der Waals surface area (Å²) in [5.74, 6) is 0. The van der Waals surface area contributed by atoms with Gasteiger partial charge in [0.2, 0.25) is 0 Å². The molecule has 4 heteroatoms. The molecule has 0 bridgehead atoms. The SMILES string of the molecule is N#CCC(C#N)=CO.[H-].[K+]. The van der Waals surface area contributed by atoms with Crippen molar-refractivity contribution < 1.29 is 57.9 Å². The molecule has 0 aromatic rings. The summed E-state index contributed by atoms with van der Waals surface area (Å²) in [6.07, 6.45) is 0.621. The number of rotatable bonds is 1. The van der Waals surface area contributed by atoms with Gasteiger partial charge in [0.15, 0.2) is 0 Å². The van der Waals surface area contributed by atoms with Crippen LogP contribution < -0.4 is 51.4 Å². The molecule has 42 valence electrons. The number of hydrogen-bond acceptors (Lipinski definition) is 3. The quantitative estimate of drug-likeness (QED) is 0.265. The molecule has 0 saturated heterocycles. The van der Waals surface area contributed by atoms with Crippen molar-refractivity contribution in [3.8, 4) is 12.1 Å². The van der Waals surface area contributed by atoms with Crippen molar-refractivity contribution >= 4 is 0 Å². The van der Waals surface area contributed by atoms with Gasteiger partial charge in [0.05, 0.1) is 30.4 Å². The molecule has 0 atom stereocenters. The van der Waals surface area contributed by atoms with Gasteiger partial charge in [-0.25, -0.2) is 0 Å². The molecule has 0 amide bonds. The van der Waals surface area contributed by atoms with Crippen molar-refractivity contribution in [1.29, 1.82) is 10.5 Å². The van der Waals surface area contributed by atoms with Gasteiger partial charge in [-0.2, -0.15) is 10.5 Å².